The fourth-order valence-corrected chi connectivity index (χ4v) is 1.52. The van der Waals surface area contributed by atoms with Gasteiger partial charge in [0.15, 0.2) is 17.6 Å². The molecule has 1 aliphatic rings. The third kappa shape index (κ3) is 1.80. The number of rotatable bonds is 1. The molecule has 3 nitrogen and oxygen atoms in total. The Balaban J connectivity index is 2.26. The molecule has 0 saturated carbocycles. The zero-order valence-corrected chi connectivity index (χ0v) is 8.42. The van der Waals surface area contributed by atoms with Crippen LogP contribution in [0.4, 0.5) is 0 Å². The summed E-state index contributed by atoms with van der Waals surface area (Å²) in [5.41, 5.74) is 5.54. The fraction of sp³-hybridized carbons (Fsp3) is 0.300. The maximum atomic E-state index is 5.63. The highest BCUT2D eigenvalue weighted by molar-refractivity contribution is 7.80. The van der Waals surface area contributed by atoms with E-state index in [9.17, 15) is 0 Å². The van der Waals surface area contributed by atoms with Crippen molar-refractivity contribution >= 4 is 17.2 Å². The molecule has 0 radical (unpaired) electrons. The quantitative estimate of drug-likeness (QED) is 0.712. The van der Waals surface area contributed by atoms with E-state index in [1.165, 1.54) is 0 Å². The van der Waals surface area contributed by atoms with E-state index in [-0.39, 0.29) is 6.10 Å². The lowest BCUT2D eigenvalue weighted by molar-refractivity contribution is 0.253. The van der Waals surface area contributed by atoms with E-state index in [0.717, 1.165) is 5.75 Å². The number of benzene rings is 1. The summed E-state index contributed by atoms with van der Waals surface area (Å²) in [5.74, 6) is 1.47. The lowest BCUT2D eigenvalue weighted by Crippen LogP contribution is -2.32. The van der Waals surface area contributed by atoms with E-state index in [4.69, 9.17) is 27.4 Å². The summed E-state index contributed by atoms with van der Waals surface area (Å²) in [4.78, 5) is 0.380. The van der Waals surface area contributed by atoms with Gasteiger partial charge in [-0.1, -0.05) is 24.4 Å². The van der Waals surface area contributed by atoms with Crippen LogP contribution >= 0.6 is 12.2 Å². The molecule has 2 rings (SSSR count). The molecule has 1 aromatic carbocycles. The minimum absolute atomic E-state index is 0.214. The van der Waals surface area contributed by atoms with E-state index < -0.39 is 0 Å². The molecule has 0 amide bonds. The SMILES string of the molecule is NC(=S)C1CCOc2ccccc2O1. The minimum atomic E-state index is -0.214. The van der Waals surface area contributed by atoms with E-state index >= 15 is 0 Å². The Morgan fingerprint density at radius 3 is 2.79 bits per heavy atom. The summed E-state index contributed by atoms with van der Waals surface area (Å²) in [6.45, 7) is 0.582. The predicted molar refractivity (Wildman–Crippen MR) is 57.8 cm³/mol. The number of para-hydroxylation sites is 2. The van der Waals surface area contributed by atoms with Gasteiger partial charge in [0, 0.05) is 6.42 Å². The Labute approximate surface area is 87.8 Å². The van der Waals surface area contributed by atoms with Gasteiger partial charge >= 0.3 is 0 Å². The molecule has 0 aliphatic carbocycles. The smallest absolute Gasteiger partial charge is 0.162 e. The summed E-state index contributed by atoms with van der Waals surface area (Å²) in [7, 11) is 0. The molecule has 1 atom stereocenters. The number of nitrogens with two attached hydrogens (primary N) is 1. The monoisotopic (exact) mass is 209 g/mol. The van der Waals surface area contributed by atoms with Crippen LogP contribution in [0.3, 0.4) is 0 Å². The maximum Gasteiger partial charge on any atom is 0.162 e. The molecule has 1 aliphatic heterocycles. The van der Waals surface area contributed by atoms with Crippen molar-refractivity contribution in [1.82, 2.24) is 0 Å². The van der Waals surface area contributed by atoms with Gasteiger partial charge in [-0.15, -0.1) is 0 Å². The van der Waals surface area contributed by atoms with Crippen molar-refractivity contribution in [2.75, 3.05) is 6.61 Å². The van der Waals surface area contributed by atoms with E-state index in [0.29, 0.717) is 23.8 Å². The Kier molecular flexibility index (Phi) is 2.54. The molecule has 0 aromatic heterocycles. The molecular formula is C10H11NO2S. The number of hydrogen-bond donors (Lipinski definition) is 1. The van der Waals surface area contributed by atoms with Crippen LogP contribution in [0.15, 0.2) is 24.3 Å². The highest BCUT2D eigenvalue weighted by Gasteiger charge is 2.19. The van der Waals surface area contributed by atoms with Gasteiger partial charge in [-0.2, -0.15) is 0 Å². The van der Waals surface area contributed by atoms with Crippen molar-refractivity contribution in [2.45, 2.75) is 12.5 Å². The minimum Gasteiger partial charge on any atom is -0.490 e. The Morgan fingerprint density at radius 1 is 1.36 bits per heavy atom. The molecule has 0 saturated heterocycles. The Bertz CT molecular complexity index is 354. The van der Waals surface area contributed by atoms with E-state index in [1.54, 1.807) is 0 Å². The largest absolute Gasteiger partial charge is 0.490 e. The maximum absolute atomic E-state index is 5.63. The summed E-state index contributed by atoms with van der Waals surface area (Å²) < 4.78 is 11.1. The van der Waals surface area contributed by atoms with Gasteiger partial charge < -0.3 is 15.2 Å². The molecule has 1 aromatic rings. The first-order valence-electron chi connectivity index (χ1n) is 4.45. The van der Waals surface area contributed by atoms with Gasteiger partial charge in [0.2, 0.25) is 0 Å². The van der Waals surface area contributed by atoms with Crippen LogP contribution < -0.4 is 15.2 Å². The standard InChI is InChI=1S/C10H11NO2S/c11-10(14)9-5-6-12-7-3-1-2-4-8(7)13-9/h1-4,9H,5-6H2,(H2,11,14). The van der Waals surface area contributed by atoms with Crippen molar-refractivity contribution < 1.29 is 9.47 Å². The molecule has 74 valence electrons. The van der Waals surface area contributed by atoms with Crippen LogP contribution in [0.2, 0.25) is 0 Å². The van der Waals surface area contributed by atoms with Gasteiger partial charge in [-0.3, -0.25) is 0 Å². The molecule has 14 heavy (non-hydrogen) atoms. The third-order valence-electron chi connectivity index (χ3n) is 2.07. The van der Waals surface area contributed by atoms with Crippen LogP contribution in [-0.4, -0.2) is 17.7 Å². The van der Waals surface area contributed by atoms with Gasteiger partial charge in [-0.05, 0) is 12.1 Å². The molecule has 0 bridgehead atoms. The first-order valence-corrected chi connectivity index (χ1v) is 4.86. The van der Waals surface area contributed by atoms with Crippen molar-refractivity contribution in [1.29, 1.82) is 0 Å². The Morgan fingerprint density at radius 2 is 2.07 bits per heavy atom. The summed E-state index contributed by atoms with van der Waals surface area (Å²) >= 11 is 4.90. The second-order valence-corrected chi connectivity index (χ2v) is 3.56. The highest BCUT2D eigenvalue weighted by atomic mass is 32.1. The second kappa shape index (κ2) is 3.84. The average molecular weight is 209 g/mol. The lowest BCUT2D eigenvalue weighted by atomic mass is 10.2. The number of fused-ring (bicyclic) bond motifs is 1. The predicted octanol–water partition coefficient (Wildman–Crippen LogP) is 1.50. The first-order chi connectivity index (χ1) is 6.77. The molecule has 0 fully saturated rings. The van der Waals surface area contributed by atoms with Crippen molar-refractivity contribution in [3.63, 3.8) is 0 Å². The first kappa shape index (κ1) is 9.27. The second-order valence-electron chi connectivity index (χ2n) is 3.09. The molecule has 1 heterocycles. The van der Waals surface area contributed by atoms with Crippen molar-refractivity contribution in [3.05, 3.63) is 24.3 Å². The third-order valence-corrected chi connectivity index (χ3v) is 2.34. The van der Waals surface area contributed by atoms with Gasteiger partial charge in [0.1, 0.15) is 4.99 Å². The zero-order valence-electron chi connectivity index (χ0n) is 7.60. The van der Waals surface area contributed by atoms with Crippen LogP contribution in [0.5, 0.6) is 11.5 Å². The van der Waals surface area contributed by atoms with Crippen LogP contribution in [0.25, 0.3) is 0 Å². The normalized spacial score (nSPS) is 19.9. The van der Waals surface area contributed by atoms with Crippen LogP contribution in [0.1, 0.15) is 6.42 Å². The number of thiocarbonyl (C=S) groups is 1. The molecule has 1 unspecified atom stereocenters. The van der Waals surface area contributed by atoms with Crippen molar-refractivity contribution in [3.8, 4) is 11.5 Å². The van der Waals surface area contributed by atoms with Crippen LogP contribution in [-0.2, 0) is 0 Å². The van der Waals surface area contributed by atoms with E-state index in [2.05, 4.69) is 0 Å². The van der Waals surface area contributed by atoms with E-state index in [1.807, 2.05) is 24.3 Å². The summed E-state index contributed by atoms with van der Waals surface area (Å²) in [5, 5.41) is 0. The van der Waals surface area contributed by atoms with Gasteiger partial charge in [-0.25, -0.2) is 0 Å². The molecule has 2 N–H and O–H groups in total. The molecule has 0 spiro atoms. The summed E-state index contributed by atoms with van der Waals surface area (Å²) in [6, 6.07) is 7.52. The van der Waals surface area contributed by atoms with Gasteiger partial charge in [0.25, 0.3) is 0 Å². The van der Waals surface area contributed by atoms with Crippen molar-refractivity contribution in [2.24, 2.45) is 5.73 Å². The zero-order chi connectivity index (χ0) is 9.97. The molecule has 4 heteroatoms. The number of hydrogen-bond acceptors (Lipinski definition) is 3. The average Bonchev–Trinajstić information content (AvgIpc) is 2.39. The van der Waals surface area contributed by atoms with Gasteiger partial charge in [0.05, 0.1) is 6.61 Å². The Hall–Kier alpha value is -1.29. The fourth-order valence-electron chi connectivity index (χ4n) is 1.36. The number of ether oxygens (including phenoxy) is 2. The lowest BCUT2D eigenvalue weighted by Gasteiger charge is -2.13. The molecular weight excluding hydrogens is 198 g/mol. The van der Waals surface area contributed by atoms with Crippen LogP contribution in [0, 0.1) is 0 Å². The summed E-state index contributed by atoms with van der Waals surface area (Å²) in [6.07, 6.45) is 0.484. The highest BCUT2D eigenvalue weighted by Crippen LogP contribution is 2.30. The topological polar surface area (TPSA) is 44.5 Å².